The van der Waals surface area contributed by atoms with E-state index in [1.54, 1.807) is 0 Å². The van der Waals surface area contributed by atoms with E-state index >= 15 is 0 Å². The molecule has 0 saturated carbocycles. The van der Waals surface area contributed by atoms with Crippen molar-refractivity contribution >= 4 is 23.3 Å². The highest BCUT2D eigenvalue weighted by Crippen LogP contribution is 2.17. The van der Waals surface area contributed by atoms with Gasteiger partial charge in [0.15, 0.2) is 0 Å². The van der Waals surface area contributed by atoms with Crippen LogP contribution in [0.5, 0.6) is 0 Å². The summed E-state index contributed by atoms with van der Waals surface area (Å²) in [5, 5.41) is 3.01. The predicted molar refractivity (Wildman–Crippen MR) is 55.5 cm³/mol. The zero-order valence-corrected chi connectivity index (χ0v) is 8.58. The van der Waals surface area contributed by atoms with E-state index in [1.807, 2.05) is 0 Å². The molecular formula is C10H8O4S. The summed E-state index contributed by atoms with van der Waals surface area (Å²) in [4.78, 5) is 22.6. The van der Waals surface area contributed by atoms with E-state index in [9.17, 15) is 9.59 Å². The van der Waals surface area contributed by atoms with Crippen molar-refractivity contribution in [3.05, 3.63) is 47.6 Å². The highest BCUT2D eigenvalue weighted by molar-refractivity contribution is 7.08. The Morgan fingerprint density at radius 3 is 1.80 bits per heavy atom. The molecule has 1 aromatic heterocycles. The predicted octanol–water partition coefficient (Wildman–Crippen LogP) is 2.35. The highest BCUT2D eigenvalue weighted by Gasteiger charge is 2.19. The van der Waals surface area contributed by atoms with Crippen LogP contribution in [0.25, 0.3) is 0 Å². The Morgan fingerprint density at radius 1 is 1.07 bits per heavy atom. The summed E-state index contributed by atoms with van der Waals surface area (Å²) in [5.74, 6) is -1.27. The summed E-state index contributed by atoms with van der Waals surface area (Å²) in [5.41, 5.74) is 0.318. The van der Waals surface area contributed by atoms with Crippen molar-refractivity contribution in [1.29, 1.82) is 0 Å². The van der Waals surface area contributed by atoms with Crippen LogP contribution in [0.4, 0.5) is 0 Å². The summed E-state index contributed by atoms with van der Waals surface area (Å²) in [6.45, 7) is 6.50. The molecule has 0 unspecified atom stereocenters. The number of ether oxygens (including phenoxy) is 2. The number of esters is 2. The lowest BCUT2D eigenvalue weighted by Crippen LogP contribution is -2.08. The number of hydrogen-bond donors (Lipinski definition) is 0. The van der Waals surface area contributed by atoms with Gasteiger partial charge in [-0.05, 0) is 0 Å². The second-order valence-electron chi connectivity index (χ2n) is 2.34. The molecule has 78 valence electrons. The van der Waals surface area contributed by atoms with Crippen molar-refractivity contribution < 1.29 is 19.1 Å². The summed E-state index contributed by atoms with van der Waals surface area (Å²) in [6.07, 6.45) is 2.01. The molecule has 0 amide bonds. The summed E-state index contributed by atoms with van der Waals surface area (Å²) in [6, 6.07) is 0. The van der Waals surface area contributed by atoms with Crippen molar-refractivity contribution in [3.63, 3.8) is 0 Å². The fraction of sp³-hybridized carbons (Fsp3) is 0. The molecule has 0 atom stereocenters. The maximum Gasteiger partial charge on any atom is 0.344 e. The van der Waals surface area contributed by atoms with Gasteiger partial charge in [-0.2, -0.15) is 11.3 Å². The monoisotopic (exact) mass is 224 g/mol. The molecule has 1 rings (SSSR count). The lowest BCUT2D eigenvalue weighted by Gasteiger charge is -2.00. The van der Waals surface area contributed by atoms with Crippen molar-refractivity contribution in [2.45, 2.75) is 0 Å². The number of rotatable bonds is 4. The number of carbonyl (C=O) groups excluding carboxylic acids is 2. The normalized spacial score (nSPS) is 9.07. The van der Waals surface area contributed by atoms with Crippen molar-refractivity contribution in [2.24, 2.45) is 0 Å². The average Bonchev–Trinajstić information content (AvgIpc) is 2.66. The van der Waals surface area contributed by atoms with Crippen LogP contribution in [0, 0.1) is 0 Å². The van der Waals surface area contributed by atoms with Crippen LogP contribution >= 0.6 is 11.3 Å². The first-order chi connectivity index (χ1) is 7.20. The molecule has 0 aromatic carbocycles. The van der Waals surface area contributed by atoms with Gasteiger partial charge >= 0.3 is 11.9 Å². The summed E-state index contributed by atoms with van der Waals surface area (Å²) < 4.78 is 9.11. The minimum absolute atomic E-state index is 0.159. The molecule has 0 radical (unpaired) electrons. The molecule has 0 saturated heterocycles. The Morgan fingerprint density at radius 2 is 1.47 bits per heavy atom. The van der Waals surface area contributed by atoms with E-state index in [0.717, 1.165) is 12.5 Å². The fourth-order valence-corrected chi connectivity index (χ4v) is 1.68. The van der Waals surface area contributed by atoms with E-state index in [0.29, 0.717) is 0 Å². The minimum Gasteiger partial charge on any atom is -0.431 e. The molecule has 4 nitrogen and oxygen atoms in total. The first-order valence-corrected chi connectivity index (χ1v) is 4.85. The first kappa shape index (κ1) is 11.2. The molecule has 0 N–H and O–H groups in total. The molecule has 0 aliphatic heterocycles. The van der Waals surface area contributed by atoms with Crippen LogP contribution in [0.15, 0.2) is 36.4 Å². The number of carbonyl (C=O) groups is 2. The highest BCUT2D eigenvalue weighted by atomic mass is 32.1. The molecule has 0 spiro atoms. The van der Waals surface area contributed by atoms with Crippen molar-refractivity contribution in [3.8, 4) is 0 Å². The summed E-state index contributed by atoms with van der Waals surface area (Å²) in [7, 11) is 0. The maximum atomic E-state index is 11.3. The number of thiophene rings is 1. The average molecular weight is 224 g/mol. The molecule has 0 fully saturated rings. The van der Waals surface area contributed by atoms with E-state index in [-0.39, 0.29) is 11.1 Å². The Labute approximate surface area is 90.4 Å². The Hall–Kier alpha value is -1.88. The Kier molecular flexibility index (Phi) is 3.82. The zero-order chi connectivity index (χ0) is 11.3. The largest absolute Gasteiger partial charge is 0.431 e. The molecule has 5 heteroatoms. The molecule has 0 aliphatic rings. The number of hydrogen-bond acceptors (Lipinski definition) is 5. The minimum atomic E-state index is -0.637. The third-order valence-corrected chi connectivity index (χ3v) is 2.23. The van der Waals surface area contributed by atoms with Gasteiger partial charge in [0.25, 0.3) is 0 Å². The Bertz CT molecular complexity index is 369. The third-order valence-electron chi connectivity index (χ3n) is 1.48. The SMILES string of the molecule is C=COC(=O)c1cscc1C(=O)OC=C. The topological polar surface area (TPSA) is 52.6 Å². The van der Waals surface area contributed by atoms with E-state index in [1.165, 1.54) is 22.1 Å². The second-order valence-corrected chi connectivity index (χ2v) is 3.09. The molecule has 1 heterocycles. The fourth-order valence-electron chi connectivity index (χ4n) is 0.892. The van der Waals surface area contributed by atoms with Crippen LogP contribution in [-0.4, -0.2) is 11.9 Å². The molecule has 1 aromatic rings. The van der Waals surface area contributed by atoms with Gasteiger partial charge in [-0.1, -0.05) is 13.2 Å². The quantitative estimate of drug-likeness (QED) is 0.582. The van der Waals surface area contributed by atoms with Gasteiger partial charge in [0.05, 0.1) is 23.7 Å². The van der Waals surface area contributed by atoms with Gasteiger partial charge in [-0.25, -0.2) is 9.59 Å². The van der Waals surface area contributed by atoms with Gasteiger partial charge in [-0.15, -0.1) is 0 Å². The van der Waals surface area contributed by atoms with Gasteiger partial charge in [0.1, 0.15) is 0 Å². The van der Waals surface area contributed by atoms with Crippen LogP contribution in [0.2, 0.25) is 0 Å². The van der Waals surface area contributed by atoms with E-state index < -0.39 is 11.9 Å². The maximum absolute atomic E-state index is 11.3. The summed E-state index contributed by atoms with van der Waals surface area (Å²) >= 11 is 1.20. The standard InChI is InChI=1S/C10H8O4S/c1-3-13-9(11)7-5-15-6-8(7)10(12)14-4-2/h3-6H,1-2H2. The van der Waals surface area contributed by atoms with Crippen molar-refractivity contribution in [1.82, 2.24) is 0 Å². The molecule has 0 aliphatic carbocycles. The van der Waals surface area contributed by atoms with Crippen LogP contribution in [0.3, 0.4) is 0 Å². The second kappa shape index (κ2) is 5.11. The smallest absolute Gasteiger partial charge is 0.344 e. The van der Waals surface area contributed by atoms with Crippen LogP contribution < -0.4 is 0 Å². The lowest BCUT2D eigenvalue weighted by molar-refractivity contribution is 0.0621. The first-order valence-electron chi connectivity index (χ1n) is 3.90. The van der Waals surface area contributed by atoms with E-state index in [4.69, 9.17) is 0 Å². The van der Waals surface area contributed by atoms with Crippen LogP contribution in [-0.2, 0) is 9.47 Å². The Balaban J connectivity index is 2.95. The third kappa shape index (κ3) is 2.54. The van der Waals surface area contributed by atoms with Gasteiger partial charge in [0.2, 0.25) is 0 Å². The van der Waals surface area contributed by atoms with Gasteiger partial charge in [0, 0.05) is 10.8 Å². The lowest BCUT2D eigenvalue weighted by atomic mass is 10.2. The molecular weight excluding hydrogens is 216 g/mol. The van der Waals surface area contributed by atoms with E-state index in [2.05, 4.69) is 22.6 Å². The zero-order valence-electron chi connectivity index (χ0n) is 7.76. The van der Waals surface area contributed by atoms with Gasteiger partial charge < -0.3 is 9.47 Å². The van der Waals surface area contributed by atoms with Gasteiger partial charge in [-0.3, -0.25) is 0 Å². The molecule has 15 heavy (non-hydrogen) atoms. The molecule has 0 bridgehead atoms. The van der Waals surface area contributed by atoms with Crippen molar-refractivity contribution in [2.75, 3.05) is 0 Å². The van der Waals surface area contributed by atoms with Crippen LogP contribution in [0.1, 0.15) is 20.7 Å².